The lowest BCUT2D eigenvalue weighted by Crippen LogP contribution is -2.64. The van der Waals surface area contributed by atoms with Crippen molar-refractivity contribution in [3.63, 3.8) is 0 Å². The van der Waals surface area contributed by atoms with E-state index < -0.39 is 16.9 Å². The Balaban J connectivity index is 1.44. The van der Waals surface area contributed by atoms with E-state index in [9.17, 15) is 19.7 Å². The van der Waals surface area contributed by atoms with Crippen LogP contribution in [0.2, 0.25) is 0 Å². The predicted octanol–water partition coefficient (Wildman–Crippen LogP) is 3.54. The highest BCUT2D eigenvalue weighted by molar-refractivity contribution is 8.00. The summed E-state index contributed by atoms with van der Waals surface area (Å²) in [5.74, 6) is 0.347. The number of alkyl halides is 1. The van der Waals surface area contributed by atoms with Crippen LogP contribution in [0.3, 0.4) is 0 Å². The summed E-state index contributed by atoms with van der Waals surface area (Å²) in [4.78, 5) is 41.9. The third kappa shape index (κ3) is 4.78. The van der Waals surface area contributed by atoms with Crippen LogP contribution in [-0.4, -0.2) is 58.1 Å². The predicted molar refractivity (Wildman–Crippen MR) is 128 cm³/mol. The number of carbonyl (C=O) groups excluding carboxylic acids is 2. The molecule has 11 heteroatoms. The van der Waals surface area contributed by atoms with Gasteiger partial charge in [-0.2, -0.15) is 0 Å². The number of amides is 1. The lowest BCUT2D eigenvalue weighted by molar-refractivity contribution is -0.384. The summed E-state index contributed by atoms with van der Waals surface area (Å²) < 4.78 is 10.6. The summed E-state index contributed by atoms with van der Waals surface area (Å²) in [6.45, 7) is 0.0451. The molecule has 0 saturated carbocycles. The molecule has 2 atom stereocenters. The lowest BCUT2D eigenvalue weighted by atomic mass is 10.0. The van der Waals surface area contributed by atoms with Crippen molar-refractivity contribution < 1.29 is 24.0 Å². The molecular weight excluding hydrogens is 482 g/mol. The first kappa shape index (κ1) is 23.8. The summed E-state index contributed by atoms with van der Waals surface area (Å²) in [6, 6.07) is 12.3. The number of methoxy groups -OCH3 is 1. The Morgan fingerprint density at radius 1 is 1.26 bits per heavy atom. The number of thioether (sulfide) groups is 1. The van der Waals surface area contributed by atoms with Crippen LogP contribution in [0, 0.1) is 10.1 Å². The zero-order valence-corrected chi connectivity index (χ0v) is 19.6. The van der Waals surface area contributed by atoms with E-state index in [-0.39, 0.29) is 35.2 Å². The Labute approximate surface area is 204 Å². The number of hydrogen-bond donors (Lipinski definition) is 0. The molecule has 2 aromatic carbocycles. The van der Waals surface area contributed by atoms with Gasteiger partial charge in [0.2, 0.25) is 0 Å². The van der Waals surface area contributed by atoms with E-state index in [1.165, 1.54) is 35.0 Å². The Morgan fingerprint density at radius 3 is 2.59 bits per heavy atom. The first-order valence-corrected chi connectivity index (χ1v) is 11.8. The second-order valence-electron chi connectivity index (χ2n) is 7.49. The molecule has 9 nitrogen and oxygen atoms in total. The quantitative estimate of drug-likeness (QED) is 0.136. The van der Waals surface area contributed by atoms with Gasteiger partial charge in [0.05, 0.1) is 12.0 Å². The highest BCUT2D eigenvalue weighted by Gasteiger charge is 2.53. The summed E-state index contributed by atoms with van der Waals surface area (Å²) >= 11 is 7.54. The summed E-state index contributed by atoms with van der Waals surface area (Å²) in [6.07, 6.45) is 1.51. The zero-order chi connectivity index (χ0) is 24.2. The second kappa shape index (κ2) is 10.3. The average molecular weight is 502 g/mol. The third-order valence-electron chi connectivity index (χ3n) is 5.39. The van der Waals surface area contributed by atoms with Crippen molar-refractivity contribution in [2.75, 3.05) is 18.7 Å². The van der Waals surface area contributed by atoms with Crippen LogP contribution in [0.25, 0.3) is 0 Å². The maximum absolute atomic E-state index is 12.9. The van der Waals surface area contributed by atoms with E-state index in [4.69, 9.17) is 21.1 Å². The van der Waals surface area contributed by atoms with Crippen LogP contribution in [0.15, 0.2) is 64.8 Å². The number of rotatable bonds is 8. The van der Waals surface area contributed by atoms with Crippen molar-refractivity contribution >= 4 is 47.1 Å². The molecule has 1 fully saturated rings. The number of nitrogens with zero attached hydrogens (tertiary/aromatic N) is 3. The van der Waals surface area contributed by atoms with E-state index in [0.29, 0.717) is 22.6 Å². The summed E-state index contributed by atoms with van der Waals surface area (Å²) in [5.41, 5.74) is 2.20. The number of β-lactam (4-membered cyclic amide) rings is 1. The van der Waals surface area contributed by atoms with Gasteiger partial charge in [-0.1, -0.05) is 12.1 Å². The number of ether oxygens (including phenoxy) is 2. The molecule has 2 aliphatic heterocycles. The fourth-order valence-corrected chi connectivity index (χ4v) is 5.22. The molecule has 1 unspecified atom stereocenters. The summed E-state index contributed by atoms with van der Waals surface area (Å²) in [7, 11) is 1.57. The number of carbonyl (C=O) groups is 2. The molecule has 4 rings (SSSR count). The van der Waals surface area contributed by atoms with Gasteiger partial charge in [-0.25, -0.2) is 4.79 Å². The molecular formula is C23H20ClN3O6S. The van der Waals surface area contributed by atoms with Gasteiger partial charge in [0, 0.05) is 30.0 Å². The fourth-order valence-electron chi connectivity index (χ4n) is 3.55. The van der Waals surface area contributed by atoms with Gasteiger partial charge in [0.1, 0.15) is 23.4 Å². The van der Waals surface area contributed by atoms with Crippen molar-refractivity contribution in [1.82, 2.24) is 4.90 Å². The molecule has 0 N–H and O–H groups in total. The van der Waals surface area contributed by atoms with Gasteiger partial charge < -0.3 is 9.47 Å². The van der Waals surface area contributed by atoms with Gasteiger partial charge in [-0.15, -0.1) is 23.4 Å². The summed E-state index contributed by atoms with van der Waals surface area (Å²) in [5, 5.41) is 10.4. The molecule has 2 aromatic rings. The van der Waals surface area contributed by atoms with E-state index in [2.05, 4.69) is 4.99 Å². The Morgan fingerprint density at radius 2 is 1.97 bits per heavy atom. The van der Waals surface area contributed by atoms with Crippen LogP contribution in [0.5, 0.6) is 5.75 Å². The molecule has 2 heterocycles. The van der Waals surface area contributed by atoms with E-state index in [1.807, 2.05) is 0 Å². The highest BCUT2D eigenvalue weighted by Crippen LogP contribution is 2.42. The minimum atomic E-state index is -0.665. The number of hydrogen-bond acceptors (Lipinski definition) is 8. The number of fused-ring (bicyclic) bond motifs is 1. The lowest BCUT2D eigenvalue weighted by Gasteiger charge is -2.48. The number of nitro groups is 1. The molecule has 2 aliphatic rings. The fraction of sp³-hybridized carbons (Fsp3) is 0.261. The molecule has 176 valence electrons. The van der Waals surface area contributed by atoms with E-state index >= 15 is 0 Å². The molecule has 1 saturated heterocycles. The second-order valence-corrected chi connectivity index (χ2v) is 8.86. The Kier molecular flexibility index (Phi) is 7.18. The number of esters is 1. The molecule has 0 bridgehead atoms. The number of benzene rings is 2. The number of halogens is 1. The average Bonchev–Trinajstić information content (AvgIpc) is 2.86. The van der Waals surface area contributed by atoms with Crippen LogP contribution < -0.4 is 4.74 Å². The topological polar surface area (TPSA) is 111 Å². The van der Waals surface area contributed by atoms with Crippen molar-refractivity contribution in [2.45, 2.75) is 18.0 Å². The molecule has 0 radical (unpaired) electrons. The molecule has 34 heavy (non-hydrogen) atoms. The van der Waals surface area contributed by atoms with E-state index in [1.54, 1.807) is 43.5 Å². The van der Waals surface area contributed by atoms with Crippen molar-refractivity contribution in [2.24, 2.45) is 4.99 Å². The van der Waals surface area contributed by atoms with Gasteiger partial charge in [-0.05, 0) is 41.0 Å². The maximum Gasteiger partial charge on any atom is 0.355 e. The monoisotopic (exact) mass is 501 g/mol. The highest BCUT2D eigenvalue weighted by atomic mass is 35.5. The standard InChI is InChI=1S/C23H20ClN3O6S/c1-32-18-8-4-15(5-9-18)12-33-23(29)20-16(10-24)13-34-22-19(21(28)26(20)22)25-11-14-2-6-17(7-3-14)27(30)31/h2-9,11,19,22H,10,12-13H2,1H3/t19?,22-/m1/s1. The van der Waals surface area contributed by atoms with Crippen LogP contribution >= 0.6 is 23.4 Å². The van der Waals surface area contributed by atoms with Gasteiger partial charge >= 0.3 is 5.97 Å². The number of nitro benzene ring substituents is 1. The number of non-ortho nitro benzene ring substituents is 1. The third-order valence-corrected chi connectivity index (χ3v) is 7.04. The Bertz CT molecular complexity index is 1170. The van der Waals surface area contributed by atoms with Gasteiger partial charge in [-0.3, -0.25) is 24.8 Å². The van der Waals surface area contributed by atoms with Crippen LogP contribution in [0.1, 0.15) is 11.1 Å². The normalized spacial score (nSPS) is 19.6. The smallest absolute Gasteiger partial charge is 0.355 e. The van der Waals surface area contributed by atoms with Crippen LogP contribution in [-0.2, 0) is 20.9 Å². The maximum atomic E-state index is 12.9. The molecule has 0 aliphatic carbocycles. The Hall–Kier alpha value is -3.37. The minimum absolute atomic E-state index is 0.0255. The van der Waals surface area contributed by atoms with Gasteiger partial charge in [0.25, 0.3) is 11.6 Å². The first-order chi connectivity index (χ1) is 16.4. The van der Waals surface area contributed by atoms with Gasteiger partial charge in [0.15, 0.2) is 6.04 Å². The van der Waals surface area contributed by atoms with Crippen molar-refractivity contribution in [3.8, 4) is 5.75 Å². The zero-order valence-electron chi connectivity index (χ0n) is 18.0. The van der Waals surface area contributed by atoms with Crippen molar-refractivity contribution in [1.29, 1.82) is 0 Å². The first-order valence-electron chi connectivity index (χ1n) is 10.2. The minimum Gasteiger partial charge on any atom is -0.497 e. The van der Waals surface area contributed by atoms with E-state index in [0.717, 1.165) is 5.56 Å². The molecule has 0 spiro atoms. The number of aliphatic imine (C=N–C) groups is 1. The van der Waals surface area contributed by atoms with Crippen LogP contribution in [0.4, 0.5) is 5.69 Å². The van der Waals surface area contributed by atoms with Crippen molar-refractivity contribution in [3.05, 3.63) is 81.0 Å². The molecule has 0 aromatic heterocycles. The SMILES string of the molecule is COc1ccc(COC(=O)C2=C(CCl)CS[C@@H]3C(N=Cc4ccc([N+](=O)[O-])cc4)C(=O)N23)cc1. The largest absolute Gasteiger partial charge is 0.497 e. The molecule has 1 amide bonds.